The van der Waals surface area contributed by atoms with Gasteiger partial charge in [-0.15, -0.1) is 11.3 Å². The third kappa shape index (κ3) is 4.13. The molecule has 0 unspecified atom stereocenters. The number of carbonyl (C=O) groups excluding carboxylic acids is 1. The van der Waals surface area contributed by atoms with Crippen molar-refractivity contribution in [1.29, 1.82) is 0 Å². The molecular weight excluding hydrogens is 232 g/mol. The monoisotopic (exact) mass is 254 g/mol. The molecule has 3 nitrogen and oxygen atoms in total. The molecule has 0 fully saturated rings. The molecule has 4 heteroatoms. The number of amides is 1. The Bertz CT molecular complexity index is 335. The zero-order valence-corrected chi connectivity index (χ0v) is 11.9. The standard InChI is InChI=1S/C13H22N2OS/c1-5-10(2)13(16)14-9-11(15(3)4)12-7-6-8-17-12/h6-8,10-11H,5,9H2,1-4H3,(H,14,16)/t10-,11+/m0/s1. The fraction of sp³-hybridized carbons (Fsp3) is 0.615. The van der Waals surface area contributed by atoms with Crippen molar-refractivity contribution in [3.8, 4) is 0 Å². The summed E-state index contributed by atoms with van der Waals surface area (Å²) in [5.74, 6) is 0.247. The van der Waals surface area contributed by atoms with Crippen molar-refractivity contribution in [2.24, 2.45) is 5.92 Å². The van der Waals surface area contributed by atoms with Crippen LogP contribution < -0.4 is 5.32 Å². The number of likely N-dealkylation sites (N-methyl/N-ethyl adjacent to an activating group) is 1. The van der Waals surface area contributed by atoms with Crippen molar-refractivity contribution in [3.63, 3.8) is 0 Å². The quantitative estimate of drug-likeness (QED) is 0.846. The van der Waals surface area contributed by atoms with E-state index in [2.05, 4.69) is 21.7 Å². The van der Waals surface area contributed by atoms with E-state index in [0.717, 1.165) is 6.42 Å². The number of rotatable bonds is 6. The van der Waals surface area contributed by atoms with Gasteiger partial charge in [0, 0.05) is 17.3 Å². The van der Waals surface area contributed by atoms with E-state index in [4.69, 9.17) is 0 Å². The molecule has 0 bridgehead atoms. The molecule has 1 rings (SSSR count). The van der Waals surface area contributed by atoms with Gasteiger partial charge in [0.05, 0.1) is 6.04 Å². The fourth-order valence-corrected chi connectivity index (χ4v) is 2.50. The number of carbonyl (C=O) groups is 1. The van der Waals surface area contributed by atoms with Crippen LogP contribution in [0.4, 0.5) is 0 Å². The van der Waals surface area contributed by atoms with Crippen molar-refractivity contribution in [1.82, 2.24) is 10.2 Å². The summed E-state index contributed by atoms with van der Waals surface area (Å²) in [6.45, 7) is 4.68. The summed E-state index contributed by atoms with van der Waals surface area (Å²) < 4.78 is 0. The Morgan fingerprint density at radius 1 is 1.53 bits per heavy atom. The van der Waals surface area contributed by atoms with Gasteiger partial charge < -0.3 is 10.2 Å². The van der Waals surface area contributed by atoms with E-state index in [1.807, 2.05) is 34.0 Å². The lowest BCUT2D eigenvalue weighted by Crippen LogP contribution is -2.36. The molecule has 1 aromatic rings. The van der Waals surface area contributed by atoms with E-state index in [0.29, 0.717) is 6.54 Å². The molecular formula is C13H22N2OS. The van der Waals surface area contributed by atoms with Gasteiger partial charge in [0.1, 0.15) is 0 Å². The lowest BCUT2D eigenvalue weighted by Gasteiger charge is -2.24. The van der Waals surface area contributed by atoms with Crippen molar-refractivity contribution in [2.45, 2.75) is 26.3 Å². The van der Waals surface area contributed by atoms with Gasteiger partial charge in [0.2, 0.25) is 5.91 Å². The molecule has 0 radical (unpaired) electrons. The second kappa shape index (κ2) is 6.77. The minimum atomic E-state index is 0.0983. The number of hydrogen-bond donors (Lipinski definition) is 1. The van der Waals surface area contributed by atoms with Gasteiger partial charge >= 0.3 is 0 Å². The Hall–Kier alpha value is -0.870. The summed E-state index contributed by atoms with van der Waals surface area (Å²) in [5, 5.41) is 5.10. The largest absolute Gasteiger partial charge is 0.354 e. The van der Waals surface area contributed by atoms with Crippen molar-refractivity contribution < 1.29 is 4.79 Å². The summed E-state index contributed by atoms with van der Waals surface area (Å²) in [7, 11) is 4.08. The van der Waals surface area contributed by atoms with Crippen LogP contribution in [0.5, 0.6) is 0 Å². The van der Waals surface area contributed by atoms with Crippen LogP contribution in [0.3, 0.4) is 0 Å². The average Bonchev–Trinajstić information content (AvgIpc) is 2.81. The second-order valence-electron chi connectivity index (χ2n) is 4.55. The minimum Gasteiger partial charge on any atom is -0.354 e. The highest BCUT2D eigenvalue weighted by atomic mass is 32.1. The lowest BCUT2D eigenvalue weighted by atomic mass is 10.1. The molecule has 0 saturated carbocycles. The zero-order valence-electron chi connectivity index (χ0n) is 11.1. The smallest absolute Gasteiger partial charge is 0.222 e. The van der Waals surface area contributed by atoms with Crippen LogP contribution in [-0.4, -0.2) is 31.4 Å². The minimum absolute atomic E-state index is 0.0983. The van der Waals surface area contributed by atoms with E-state index in [-0.39, 0.29) is 17.9 Å². The average molecular weight is 254 g/mol. The number of nitrogens with one attached hydrogen (secondary N) is 1. The van der Waals surface area contributed by atoms with Gasteiger partial charge in [-0.3, -0.25) is 4.79 Å². The first-order chi connectivity index (χ1) is 8.06. The van der Waals surface area contributed by atoms with Gasteiger partial charge in [0.25, 0.3) is 0 Å². The first-order valence-corrected chi connectivity index (χ1v) is 6.91. The number of thiophene rings is 1. The number of hydrogen-bond acceptors (Lipinski definition) is 3. The maximum atomic E-state index is 11.7. The highest BCUT2D eigenvalue weighted by Gasteiger charge is 2.17. The molecule has 1 N–H and O–H groups in total. The maximum absolute atomic E-state index is 11.7. The molecule has 17 heavy (non-hydrogen) atoms. The molecule has 1 amide bonds. The van der Waals surface area contributed by atoms with Gasteiger partial charge in [0.15, 0.2) is 0 Å². The van der Waals surface area contributed by atoms with E-state index in [9.17, 15) is 4.79 Å². The summed E-state index contributed by atoms with van der Waals surface area (Å²) in [4.78, 5) is 15.2. The molecule has 0 aliphatic rings. The second-order valence-corrected chi connectivity index (χ2v) is 5.53. The van der Waals surface area contributed by atoms with E-state index in [1.54, 1.807) is 11.3 Å². The summed E-state index contributed by atoms with van der Waals surface area (Å²) >= 11 is 1.73. The molecule has 96 valence electrons. The molecule has 0 aliphatic carbocycles. The summed E-state index contributed by atoms with van der Waals surface area (Å²) in [6, 6.07) is 4.43. The van der Waals surface area contributed by atoms with Crippen LogP contribution >= 0.6 is 11.3 Å². The molecule has 2 atom stereocenters. The molecule has 1 heterocycles. The molecule has 0 saturated heterocycles. The van der Waals surface area contributed by atoms with Crippen LogP contribution in [0.2, 0.25) is 0 Å². The summed E-state index contributed by atoms with van der Waals surface area (Å²) in [5.41, 5.74) is 0. The third-order valence-corrected chi connectivity index (χ3v) is 4.00. The van der Waals surface area contributed by atoms with Crippen LogP contribution in [0, 0.1) is 5.92 Å². The zero-order chi connectivity index (χ0) is 12.8. The van der Waals surface area contributed by atoms with E-state index >= 15 is 0 Å². The van der Waals surface area contributed by atoms with Gasteiger partial charge in [-0.2, -0.15) is 0 Å². The first kappa shape index (κ1) is 14.2. The summed E-state index contributed by atoms with van der Waals surface area (Å²) in [6.07, 6.45) is 0.886. The van der Waals surface area contributed by atoms with Gasteiger partial charge in [-0.25, -0.2) is 0 Å². The third-order valence-electron chi connectivity index (χ3n) is 3.02. The highest BCUT2D eigenvalue weighted by Crippen LogP contribution is 2.22. The number of nitrogens with zero attached hydrogens (tertiary/aromatic N) is 1. The van der Waals surface area contributed by atoms with Gasteiger partial charge in [-0.1, -0.05) is 19.9 Å². The Morgan fingerprint density at radius 3 is 2.71 bits per heavy atom. The van der Waals surface area contributed by atoms with E-state index < -0.39 is 0 Å². The lowest BCUT2D eigenvalue weighted by molar-refractivity contribution is -0.124. The Kier molecular flexibility index (Phi) is 5.65. The van der Waals surface area contributed by atoms with Crippen LogP contribution in [0.25, 0.3) is 0 Å². The first-order valence-electron chi connectivity index (χ1n) is 6.03. The van der Waals surface area contributed by atoms with Crippen molar-refractivity contribution >= 4 is 17.2 Å². The molecule has 1 aromatic heterocycles. The molecule has 0 spiro atoms. The van der Waals surface area contributed by atoms with Gasteiger partial charge in [-0.05, 0) is 32.0 Å². The van der Waals surface area contributed by atoms with Crippen molar-refractivity contribution in [3.05, 3.63) is 22.4 Å². The predicted octanol–water partition coefficient (Wildman–Crippen LogP) is 2.51. The van der Waals surface area contributed by atoms with Crippen LogP contribution in [0.1, 0.15) is 31.2 Å². The highest BCUT2D eigenvalue weighted by molar-refractivity contribution is 7.10. The van der Waals surface area contributed by atoms with Crippen molar-refractivity contribution in [2.75, 3.05) is 20.6 Å². The maximum Gasteiger partial charge on any atom is 0.222 e. The Balaban J connectivity index is 2.55. The molecule has 0 aromatic carbocycles. The Morgan fingerprint density at radius 2 is 2.24 bits per heavy atom. The molecule has 0 aliphatic heterocycles. The predicted molar refractivity (Wildman–Crippen MR) is 73.2 cm³/mol. The van der Waals surface area contributed by atoms with E-state index in [1.165, 1.54) is 4.88 Å². The SMILES string of the molecule is CC[C@H](C)C(=O)NC[C@H](c1cccs1)N(C)C. The fourth-order valence-electron chi connectivity index (χ4n) is 1.58. The van der Waals surface area contributed by atoms with Crippen LogP contribution in [-0.2, 0) is 4.79 Å². The normalized spacial score (nSPS) is 14.6. The topological polar surface area (TPSA) is 32.3 Å². The van der Waals surface area contributed by atoms with Crippen LogP contribution in [0.15, 0.2) is 17.5 Å². The Labute approximate surface area is 108 Å².